The second-order valence-corrected chi connectivity index (χ2v) is 5.95. The Hall–Kier alpha value is -0.570. The normalized spacial score (nSPS) is 22.4. The first-order chi connectivity index (χ1) is 8.61. The molecule has 18 heavy (non-hydrogen) atoms. The zero-order valence-corrected chi connectivity index (χ0v) is 11.8. The van der Waals surface area contributed by atoms with Crippen molar-refractivity contribution in [3.8, 4) is 0 Å². The fourth-order valence-corrected chi connectivity index (χ4v) is 3.51. The average molecular weight is 255 g/mol. The Morgan fingerprint density at radius 2 is 1.22 bits per heavy atom. The van der Waals surface area contributed by atoms with Crippen molar-refractivity contribution in [1.29, 1.82) is 0 Å². The number of hydrogen-bond donors (Lipinski definition) is 1. The van der Waals surface area contributed by atoms with Crippen molar-refractivity contribution in [1.82, 2.24) is 0 Å². The molecule has 0 aliphatic heterocycles. The number of quaternary nitrogens is 1. The lowest BCUT2D eigenvalue weighted by molar-refractivity contribution is -0.449. The second kappa shape index (κ2) is 8.52. The van der Waals surface area contributed by atoms with Gasteiger partial charge >= 0.3 is 0 Å². The van der Waals surface area contributed by atoms with E-state index in [1.54, 1.807) is 0 Å². The van der Waals surface area contributed by atoms with Gasteiger partial charge in [-0.05, 0) is 32.6 Å². The van der Waals surface area contributed by atoms with E-state index < -0.39 is 5.97 Å². The van der Waals surface area contributed by atoms with Gasteiger partial charge in [-0.3, -0.25) is 0 Å². The predicted octanol–water partition coefficient (Wildman–Crippen LogP) is 1.51. The quantitative estimate of drug-likeness (QED) is 0.812. The van der Waals surface area contributed by atoms with E-state index in [2.05, 4.69) is 5.73 Å². The Bertz CT molecular complexity index is 209. The molecule has 0 bridgehead atoms. The summed E-state index contributed by atoms with van der Waals surface area (Å²) in [6, 6.07) is 0.788. The minimum absolute atomic E-state index is 0.788. The third kappa shape index (κ3) is 5.85. The van der Waals surface area contributed by atoms with Gasteiger partial charge in [-0.15, -0.1) is 0 Å². The molecule has 3 nitrogen and oxygen atoms in total. The highest BCUT2D eigenvalue weighted by Crippen LogP contribution is 2.33. The number of carboxylic acids is 1. The maximum Gasteiger partial charge on any atom is 0.0900 e. The van der Waals surface area contributed by atoms with E-state index in [-0.39, 0.29) is 0 Å². The molecular formula is C15H29NO2. The van der Waals surface area contributed by atoms with Crippen molar-refractivity contribution in [2.45, 2.75) is 77.2 Å². The lowest BCUT2D eigenvalue weighted by Crippen LogP contribution is -2.68. The summed E-state index contributed by atoms with van der Waals surface area (Å²) in [7, 11) is 0. The maximum absolute atomic E-state index is 8.89. The fourth-order valence-electron chi connectivity index (χ4n) is 3.51. The number of carbonyl (C=O) groups is 1. The van der Waals surface area contributed by atoms with E-state index in [1.165, 1.54) is 64.2 Å². The molecule has 0 radical (unpaired) electrons. The van der Waals surface area contributed by atoms with Crippen molar-refractivity contribution >= 4 is 5.97 Å². The number of rotatable bonds is 2. The average Bonchev–Trinajstić information content (AvgIpc) is 2.39. The van der Waals surface area contributed by atoms with E-state index in [4.69, 9.17) is 9.90 Å². The van der Waals surface area contributed by atoms with Crippen LogP contribution < -0.4 is 10.8 Å². The molecule has 3 N–H and O–H groups in total. The molecule has 2 aliphatic rings. The molecule has 0 aromatic carbocycles. The van der Waals surface area contributed by atoms with Crippen molar-refractivity contribution in [2.24, 2.45) is 11.8 Å². The molecule has 2 saturated carbocycles. The lowest BCUT2D eigenvalue weighted by Gasteiger charge is -2.32. The molecule has 0 spiro atoms. The predicted molar refractivity (Wildman–Crippen MR) is 70.5 cm³/mol. The van der Waals surface area contributed by atoms with Gasteiger partial charge < -0.3 is 15.6 Å². The Morgan fingerprint density at radius 3 is 1.50 bits per heavy atom. The minimum Gasteiger partial charge on any atom is -0.550 e. The smallest absolute Gasteiger partial charge is 0.0900 e. The molecule has 0 aromatic rings. The number of carbonyl (C=O) groups excluding carboxylic acids is 1. The van der Waals surface area contributed by atoms with Gasteiger partial charge in [0.25, 0.3) is 0 Å². The van der Waals surface area contributed by atoms with Crippen LogP contribution in [0.2, 0.25) is 0 Å². The van der Waals surface area contributed by atoms with Gasteiger partial charge in [-0.2, -0.15) is 0 Å². The van der Waals surface area contributed by atoms with Gasteiger partial charge in [0.05, 0.1) is 6.04 Å². The van der Waals surface area contributed by atoms with E-state index >= 15 is 0 Å². The summed E-state index contributed by atoms with van der Waals surface area (Å²) in [6.45, 7) is 0.972. The standard InChI is InChI=1S/C13H25N.C2H4O2/c14-13(11-7-3-1-4-8-11)12-9-5-2-6-10-12;1-2(3)4/h11-13H,1-10,14H2;1H3,(H,3,4). The third-order valence-electron chi connectivity index (χ3n) is 4.51. The summed E-state index contributed by atoms with van der Waals surface area (Å²) in [6.07, 6.45) is 14.8. The van der Waals surface area contributed by atoms with Gasteiger partial charge in [0.2, 0.25) is 0 Å². The summed E-state index contributed by atoms with van der Waals surface area (Å²) in [4.78, 5) is 8.89. The van der Waals surface area contributed by atoms with E-state index in [0.29, 0.717) is 0 Å². The van der Waals surface area contributed by atoms with Crippen LogP contribution in [-0.2, 0) is 4.79 Å². The first-order valence-corrected chi connectivity index (χ1v) is 7.62. The summed E-state index contributed by atoms with van der Waals surface area (Å²) in [5.74, 6) is 0.874. The van der Waals surface area contributed by atoms with Gasteiger partial charge in [0.15, 0.2) is 0 Å². The molecule has 0 heterocycles. The van der Waals surface area contributed by atoms with Crippen molar-refractivity contribution in [2.75, 3.05) is 0 Å². The molecule has 0 unspecified atom stereocenters. The molecule has 3 heteroatoms. The topological polar surface area (TPSA) is 67.8 Å². The highest BCUT2D eigenvalue weighted by Gasteiger charge is 2.31. The summed E-state index contributed by atoms with van der Waals surface area (Å²) in [5.41, 5.74) is 4.49. The zero-order chi connectivity index (χ0) is 13.4. The van der Waals surface area contributed by atoms with Gasteiger partial charge in [-0.25, -0.2) is 0 Å². The Kier molecular flexibility index (Phi) is 7.33. The lowest BCUT2D eigenvalue weighted by atomic mass is 9.74. The summed E-state index contributed by atoms with van der Waals surface area (Å²) < 4.78 is 0. The molecule has 0 saturated heterocycles. The molecule has 0 amide bonds. The molecular weight excluding hydrogens is 226 g/mol. The first-order valence-electron chi connectivity index (χ1n) is 7.62. The van der Waals surface area contributed by atoms with Crippen LogP contribution in [0.3, 0.4) is 0 Å². The largest absolute Gasteiger partial charge is 0.550 e. The van der Waals surface area contributed by atoms with E-state index in [0.717, 1.165) is 24.8 Å². The number of carboxylic acid groups (broad SMARTS) is 1. The molecule has 0 atom stereocenters. The van der Waals surface area contributed by atoms with Crippen LogP contribution in [0.5, 0.6) is 0 Å². The number of hydrogen-bond acceptors (Lipinski definition) is 2. The van der Waals surface area contributed by atoms with Crippen LogP contribution in [0, 0.1) is 11.8 Å². The molecule has 2 fully saturated rings. The van der Waals surface area contributed by atoms with Gasteiger partial charge in [-0.1, -0.05) is 38.5 Å². The third-order valence-corrected chi connectivity index (χ3v) is 4.51. The fraction of sp³-hybridized carbons (Fsp3) is 0.933. The Labute approximate surface area is 111 Å². The van der Waals surface area contributed by atoms with Crippen molar-refractivity contribution in [3.05, 3.63) is 0 Å². The molecule has 2 rings (SSSR count). The van der Waals surface area contributed by atoms with Crippen LogP contribution in [-0.4, -0.2) is 12.0 Å². The summed E-state index contributed by atoms with van der Waals surface area (Å²) >= 11 is 0. The Balaban J connectivity index is 0.000000357. The summed E-state index contributed by atoms with van der Waals surface area (Å²) in [5, 5.41) is 8.89. The number of aliphatic carboxylic acids is 1. The van der Waals surface area contributed by atoms with E-state index in [1.807, 2.05) is 0 Å². The van der Waals surface area contributed by atoms with Crippen LogP contribution in [0.4, 0.5) is 0 Å². The van der Waals surface area contributed by atoms with Crippen LogP contribution in [0.25, 0.3) is 0 Å². The van der Waals surface area contributed by atoms with Crippen LogP contribution >= 0.6 is 0 Å². The monoisotopic (exact) mass is 255 g/mol. The molecule has 106 valence electrons. The van der Waals surface area contributed by atoms with Crippen LogP contribution in [0.1, 0.15) is 71.1 Å². The van der Waals surface area contributed by atoms with Gasteiger partial charge in [0.1, 0.15) is 0 Å². The zero-order valence-electron chi connectivity index (χ0n) is 11.8. The van der Waals surface area contributed by atoms with Crippen molar-refractivity contribution < 1.29 is 15.6 Å². The van der Waals surface area contributed by atoms with E-state index in [9.17, 15) is 0 Å². The maximum atomic E-state index is 8.89. The highest BCUT2D eigenvalue weighted by molar-refractivity contribution is 5.60. The minimum atomic E-state index is -1.08. The van der Waals surface area contributed by atoms with Gasteiger partial charge in [0, 0.05) is 17.8 Å². The highest BCUT2D eigenvalue weighted by atomic mass is 16.4. The second-order valence-electron chi connectivity index (χ2n) is 5.95. The SMILES string of the molecule is CC(=O)[O-].[NH3+]C(C1CCCCC1)C1CCCCC1. The first kappa shape index (κ1) is 15.5. The van der Waals surface area contributed by atoms with Crippen molar-refractivity contribution in [3.63, 3.8) is 0 Å². The molecule has 0 aromatic heterocycles. The van der Waals surface area contributed by atoms with Crippen LogP contribution in [0.15, 0.2) is 0 Å². The molecule has 2 aliphatic carbocycles. The Morgan fingerprint density at radius 1 is 0.944 bits per heavy atom.